The number of nitrogens with zero attached hydrogens (tertiary/aromatic N) is 6. The average Bonchev–Trinajstić information content (AvgIpc) is 3.00. The minimum atomic E-state index is 0.0523. The van der Waals surface area contributed by atoms with Crippen LogP contribution in [0, 0.1) is 0 Å². The molecule has 4 heterocycles. The summed E-state index contributed by atoms with van der Waals surface area (Å²) in [4.78, 5) is 31.1. The van der Waals surface area contributed by atoms with Gasteiger partial charge in [-0.25, -0.2) is 15.0 Å². The molecule has 0 radical (unpaired) electrons. The molecule has 1 fully saturated rings. The Labute approximate surface area is 176 Å². The summed E-state index contributed by atoms with van der Waals surface area (Å²) in [6.45, 7) is 3.71. The van der Waals surface area contributed by atoms with Crippen molar-refractivity contribution in [2.24, 2.45) is 0 Å². The van der Waals surface area contributed by atoms with Crippen LogP contribution in [0.5, 0.6) is 0 Å². The Morgan fingerprint density at radius 2 is 1.60 bits per heavy atom. The van der Waals surface area contributed by atoms with Crippen LogP contribution in [0.4, 0.5) is 5.95 Å². The zero-order valence-electron chi connectivity index (χ0n) is 17.1. The summed E-state index contributed by atoms with van der Waals surface area (Å²) in [6.07, 6.45) is 7.86. The molecule has 30 heavy (non-hydrogen) atoms. The number of imidazole rings is 1. The van der Waals surface area contributed by atoms with Gasteiger partial charge in [-0.1, -0.05) is 36.8 Å². The van der Waals surface area contributed by atoms with E-state index in [1.807, 2.05) is 29.2 Å². The number of hydrogen-bond acceptors (Lipinski definition) is 5. The van der Waals surface area contributed by atoms with Crippen LogP contribution in [0.25, 0.3) is 11.4 Å². The third-order valence-electron chi connectivity index (χ3n) is 6.00. The SMILES string of the molecule is O=C(c1nc(-c2ccccc2)n2c1CCCCC2)N1CCN(c2ncccn2)CC1. The highest BCUT2D eigenvalue weighted by atomic mass is 16.2. The molecule has 0 atom stereocenters. The van der Waals surface area contributed by atoms with Gasteiger partial charge in [-0.15, -0.1) is 0 Å². The summed E-state index contributed by atoms with van der Waals surface area (Å²) in [5.74, 6) is 1.70. The van der Waals surface area contributed by atoms with Gasteiger partial charge >= 0.3 is 0 Å². The molecule has 2 aromatic heterocycles. The minimum absolute atomic E-state index is 0.0523. The van der Waals surface area contributed by atoms with Crippen molar-refractivity contribution in [2.75, 3.05) is 31.1 Å². The molecule has 0 unspecified atom stereocenters. The zero-order valence-corrected chi connectivity index (χ0v) is 17.1. The standard InChI is InChI=1S/C23H26N6O/c30-22(27-14-16-28(17-15-27)23-24-11-7-12-25-23)20-19-10-5-2-6-13-29(19)21(26-20)18-8-3-1-4-9-18/h1,3-4,7-9,11-12H,2,5-6,10,13-17H2. The van der Waals surface area contributed by atoms with Crippen molar-refractivity contribution in [3.05, 3.63) is 60.2 Å². The second-order valence-corrected chi connectivity index (χ2v) is 7.89. The van der Waals surface area contributed by atoms with E-state index >= 15 is 0 Å². The fourth-order valence-electron chi connectivity index (χ4n) is 4.41. The molecule has 2 aliphatic heterocycles. The summed E-state index contributed by atoms with van der Waals surface area (Å²) in [5, 5.41) is 0. The van der Waals surface area contributed by atoms with Gasteiger partial charge in [-0.3, -0.25) is 4.79 Å². The van der Waals surface area contributed by atoms with Crippen LogP contribution in [0.2, 0.25) is 0 Å². The van der Waals surface area contributed by atoms with Crippen molar-refractivity contribution < 1.29 is 4.79 Å². The molecule has 7 heteroatoms. The molecule has 1 saturated heterocycles. The van der Waals surface area contributed by atoms with Gasteiger partial charge < -0.3 is 14.4 Å². The lowest BCUT2D eigenvalue weighted by Gasteiger charge is -2.34. The van der Waals surface area contributed by atoms with Crippen molar-refractivity contribution in [2.45, 2.75) is 32.2 Å². The number of carbonyl (C=O) groups excluding carboxylic acids is 1. The van der Waals surface area contributed by atoms with Crippen LogP contribution in [-0.2, 0) is 13.0 Å². The number of hydrogen-bond donors (Lipinski definition) is 0. The van der Waals surface area contributed by atoms with Crippen molar-refractivity contribution in [1.29, 1.82) is 0 Å². The summed E-state index contributed by atoms with van der Waals surface area (Å²) in [5.41, 5.74) is 2.82. The van der Waals surface area contributed by atoms with Crippen LogP contribution in [0.15, 0.2) is 48.8 Å². The molecule has 5 rings (SSSR count). The smallest absolute Gasteiger partial charge is 0.274 e. The highest BCUT2D eigenvalue weighted by Crippen LogP contribution is 2.28. The predicted octanol–water partition coefficient (Wildman–Crippen LogP) is 3.03. The lowest BCUT2D eigenvalue weighted by Crippen LogP contribution is -2.49. The first-order valence-corrected chi connectivity index (χ1v) is 10.8. The largest absolute Gasteiger partial charge is 0.337 e. The normalized spacial score (nSPS) is 16.8. The Hall–Kier alpha value is -3.22. The number of fused-ring (bicyclic) bond motifs is 1. The van der Waals surface area contributed by atoms with Gasteiger partial charge in [0.2, 0.25) is 5.95 Å². The average molecular weight is 403 g/mol. The number of amides is 1. The molecule has 0 saturated carbocycles. The summed E-state index contributed by atoms with van der Waals surface area (Å²) in [6, 6.07) is 12.0. The topological polar surface area (TPSA) is 67.2 Å². The Balaban J connectivity index is 1.40. The molecular weight excluding hydrogens is 376 g/mol. The fraction of sp³-hybridized carbons (Fsp3) is 0.391. The predicted molar refractivity (Wildman–Crippen MR) is 115 cm³/mol. The van der Waals surface area contributed by atoms with Gasteiger partial charge in [0.05, 0.1) is 5.69 Å². The van der Waals surface area contributed by atoms with E-state index in [1.165, 1.54) is 6.42 Å². The third kappa shape index (κ3) is 3.56. The van der Waals surface area contributed by atoms with Crippen LogP contribution < -0.4 is 4.90 Å². The maximum Gasteiger partial charge on any atom is 0.274 e. The van der Waals surface area contributed by atoms with E-state index < -0.39 is 0 Å². The van der Waals surface area contributed by atoms with Gasteiger partial charge in [0, 0.05) is 50.7 Å². The molecule has 0 bridgehead atoms. The minimum Gasteiger partial charge on any atom is -0.337 e. The number of rotatable bonds is 3. The summed E-state index contributed by atoms with van der Waals surface area (Å²) < 4.78 is 2.28. The molecule has 7 nitrogen and oxygen atoms in total. The summed E-state index contributed by atoms with van der Waals surface area (Å²) >= 11 is 0. The van der Waals surface area contributed by atoms with Crippen LogP contribution in [0.3, 0.4) is 0 Å². The number of aromatic nitrogens is 4. The lowest BCUT2D eigenvalue weighted by molar-refractivity contribution is 0.0739. The quantitative estimate of drug-likeness (QED) is 0.674. The second kappa shape index (κ2) is 8.26. The third-order valence-corrected chi connectivity index (χ3v) is 6.00. The van der Waals surface area contributed by atoms with Gasteiger partial charge in [0.15, 0.2) is 0 Å². The number of anilines is 1. The first-order chi connectivity index (χ1) is 14.8. The van der Waals surface area contributed by atoms with Crippen LogP contribution in [-0.4, -0.2) is 56.5 Å². The molecule has 2 aliphatic rings. The molecule has 0 aliphatic carbocycles. The highest BCUT2D eigenvalue weighted by Gasteiger charge is 2.29. The fourth-order valence-corrected chi connectivity index (χ4v) is 4.41. The lowest BCUT2D eigenvalue weighted by atomic mass is 10.1. The Morgan fingerprint density at radius 1 is 0.833 bits per heavy atom. The molecular formula is C23H26N6O. The van der Waals surface area contributed by atoms with Crippen molar-refractivity contribution in [3.8, 4) is 11.4 Å². The maximum atomic E-state index is 13.5. The number of piperazine rings is 1. The molecule has 0 N–H and O–H groups in total. The van der Waals surface area contributed by atoms with Gasteiger partial charge in [-0.2, -0.15) is 0 Å². The summed E-state index contributed by atoms with van der Waals surface area (Å²) in [7, 11) is 0. The van der Waals surface area contributed by atoms with E-state index in [-0.39, 0.29) is 5.91 Å². The molecule has 1 aromatic carbocycles. The molecule has 154 valence electrons. The van der Waals surface area contributed by atoms with E-state index in [0.29, 0.717) is 18.8 Å². The van der Waals surface area contributed by atoms with E-state index in [0.717, 1.165) is 61.9 Å². The van der Waals surface area contributed by atoms with Gasteiger partial charge in [0.1, 0.15) is 11.5 Å². The zero-order chi connectivity index (χ0) is 20.3. The molecule has 1 amide bonds. The second-order valence-electron chi connectivity index (χ2n) is 7.89. The maximum absolute atomic E-state index is 13.5. The number of benzene rings is 1. The van der Waals surface area contributed by atoms with E-state index in [4.69, 9.17) is 4.98 Å². The first kappa shape index (κ1) is 18.8. The number of carbonyl (C=O) groups is 1. The van der Waals surface area contributed by atoms with Crippen molar-refractivity contribution >= 4 is 11.9 Å². The Bertz CT molecular complexity index is 1010. The Kier molecular flexibility index (Phi) is 5.17. The molecule has 3 aromatic rings. The van der Waals surface area contributed by atoms with Crippen molar-refractivity contribution in [1.82, 2.24) is 24.4 Å². The highest BCUT2D eigenvalue weighted by molar-refractivity contribution is 5.94. The molecule has 0 spiro atoms. The van der Waals surface area contributed by atoms with Crippen molar-refractivity contribution in [3.63, 3.8) is 0 Å². The first-order valence-electron chi connectivity index (χ1n) is 10.8. The Morgan fingerprint density at radius 3 is 2.37 bits per heavy atom. The van der Waals surface area contributed by atoms with E-state index in [9.17, 15) is 4.79 Å². The van der Waals surface area contributed by atoms with Crippen LogP contribution in [0.1, 0.15) is 35.4 Å². The van der Waals surface area contributed by atoms with E-state index in [1.54, 1.807) is 12.4 Å². The van der Waals surface area contributed by atoms with Crippen LogP contribution >= 0.6 is 0 Å². The van der Waals surface area contributed by atoms with Gasteiger partial charge in [0.25, 0.3) is 5.91 Å². The van der Waals surface area contributed by atoms with Gasteiger partial charge in [-0.05, 0) is 25.3 Å². The monoisotopic (exact) mass is 402 g/mol. The van der Waals surface area contributed by atoms with E-state index in [2.05, 4.69) is 31.6 Å².